The van der Waals surface area contributed by atoms with Crippen molar-refractivity contribution in [1.29, 1.82) is 0 Å². The van der Waals surface area contributed by atoms with Gasteiger partial charge in [0.05, 0.1) is 6.42 Å². The Hall–Kier alpha value is -2.05. The van der Waals surface area contributed by atoms with E-state index in [9.17, 15) is 22.8 Å². The van der Waals surface area contributed by atoms with Crippen LogP contribution in [0.5, 0.6) is 0 Å². The van der Waals surface area contributed by atoms with Crippen molar-refractivity contribution in [3.05, 3.63) is 35.4 Å². The van der Waals surface area contributed by atoms with E-state index in [1.54, 1.807) is 0 Å². The Kier molecular flexibility index (Phi) is 5.51. The summed E-state index contributed by atoms with van der Waals surface area (Å²) in [4.78, 5) is 26.5. The number of likely N-dealkylation sites (N-methyl/N-ethyl adjacent to an activating group) is 1. The quantitative estimate of drug-likeness (QED) is 0.825. The highest BCUT2D eigenvalue weighted by molar-refractivity contribution is 5.89. The summed E-state index contributed by atoms with van der Waals surface area (Å²) in [5, 5.41) is 0. The van der Waals surface area contributed by atoms with Gasteiger partial charge < -0.3 is 9.80 Å². The van der Waals surface area contributed by atoms with Crippen LogP contribution in [0.3, 0.4) is 0 Å². The Labute approximate surface area is 139 Å². The van der Waals surface area contributed by atoms with Gasteiger partial charge in [0.15, 0.2) is 0 Å². The molecule has 0 bridgehead atoms. The predicted octanol–water partition coefficient (Wildman–Crippen LogP) is 2.41. The van der Waals surface area contributed by atoms with E-state index in [0.29, 0.717) is 0 Å². The third kappa shape index (κ3) is 4.49. The number of carbonyl (C=O) groups excluding carboxylic acids is 2. The molecule has 1 aromatic carbocycles. The fraction of sp³-hybridized carbons (Fsp3) is 0.529. The lowest BCUT2D eigenvalue weighted by Crippen LogP contribution is -2.45. The molecule has 1 fully saturated rings. The lowest BCUT2D eigenvalue weighted by atomic mass is 10.1. The molecule has 0 spiro atoms. The third-order valence-electron chi connectivity index (χ3n) is 4.29. The van der Waals surface area contributed by atoms with Gasteiger partial charge in [0.1, 0.15) is 12.6 Å². The smallest absolute Gasteiger partial charge is 0.333 e. The zero-order chi connectivity index (χ0) is 17.9. The highest BCUT2D eigenvalue weighted by Crippen LogP contribution is 2.23. The first-order valence-electron chi connectivity index (χ1n) is 7.90. The number of benzene rings is 1. The molecule has 1 heterocycles. The van der Waals surface area contributed by atoms with E-state index >= 15 is 0 Å². The molecule has 1 saturated heterocycles. The number of likely N-dealkylation sites (tertiary alicyclic amines) is 1. The van der Waals surface area contributed by atoms with Crippen molar-refractivity contribution in [2.45, 2.75) is 38.4 Å². The largest absolute Gasteiger partial charge is 0.406 e. The highest BCUT2D eigenvalue weighted by Gasteiger charge is 2.41. The SMILES string of the molecule is CCc1ccc(CC(=O)N(C)[C@@H]2CCN(CC(F)(F)F)C2=O)cc1. The van der Waals surface area contributed by atoms with Crippen molar-refractivity contribution in [3.63, 3.8) is 0 Å². The summed E-state index contributed by atoms with van der Waals surface area (Å²) in [5.41, 5.74) is 1.98. The minimum Gasteiger partial charge on any atom is -0.333 e. The van der Waals surface area contributed by atoms with Gasteiger partial charge in [-0.2, -0.15) is 13.2 Å². The average Bonchev–Trinajstić information content (AvgIpc) is 2.86. The standard InChI is InChI=1S/C17H21F3N2O2/c1-3-12-4-6-13(7-5-12)10-15(23)21(2)14-8-9-22(16(14)24)11-17(18,19)20/h4-7,14H,3,8-11H2,1-2H3/t14-/m1/s1. The van der Waals surface area contributed by atoms with Gasteiger partial charge in [0, 0.05) is 13.6 Å². The molecule has 0 radical (unpaired) electrons. The summed E-state index contributed by atoms with van der Waals surface area (Å²) in [6, 6.07) is 6.78. The normalized spacial score (nSPS) is 18.1. The van der Waals surface area contributed by atoms with E-state index in [0.717, 1.165) is 22.4 Å². The number of nitrogens with zero attached hydrogens (tertiary/aromatic N) is 2. The van der Waals surface area contributed by atoms with Crippen LogP contribution in [0.4, 0.5) is 13.2 Å². The molecule has 0 saturated carbocycles. The minimum atomic E-state index is -4.42. The fourth-order valence-corrected chi connectivity index (χ4v) is 2.82. The van der Waals surface area contributed by atoms with Crippen molar-refractivity contribution < 1.29 is 22.8 Å². The zero-order valence-corrected chi connectivity index (χ0v) is 13.8. The van der Waals surface area contributed by atoms with Gasteiger partial charge in [0.2, 0.25) is 11.8 Å². The molecule has 4 nitrogen and oxygen atoms in total. The number of hydrogen-bond acceptors (Lipinski definition) is 2. The van der Waals surface area contributed by atoms with Gasteiger partial charge in [-0.15, -0.1) is 0 Å². The Morgan fingerprint density at radius 3 is 2.38 bits per heavy atom. The summed E-state index contributed by atoms with van der Waals surface area (Å²) in [6.07, 6.45) is -3.16. The average molecular weight is 342 g/mol. The van der Waals surface area contributed by atoms with Gasteiger partial charge in [-0.3, -0.25) is 9.59 Å². The minimum absolute atomic E-state index is 0.0197. The number of carbonyl (C=O) groups is 2. The second kappa shape index (κ2) is 7.23. The second-order valence-corrected chi connectivity index (χ2v) is 6.03. The van der Waals surface area contributed by atoms with E-state index in [4.69, 9.17) is 0 Å². The molecule has 24 heavy (non-hydrogen) atoms. The molecule has 1 aliphatic heterocycles. The molecular formula is C17H21F3N2O2. The third-order valence-corrected chi connectivity index (χ3v) is 4.29. The van der Waals surface area contributed by atoms with E-state index in [2.05, 4.69) is 0 Å². The van der Waals surface area contributed by atoms with Crippen LogP contribution >= 0.6 is 0 Å². The van der Waals surface area contributed by atoms with Gasteiger partial charge >= 0.3 is 6.18 Å². The summed E-state index contributed by atoms with van der Waals surface area (Å²) in [7, 11) is 1.47. The van der Waals surface area contributed by atoms with Crippen molar-refractivity contribution in [2.24, 2.45) is 0 Å². The van der Waals surface area contributed by atoms with Crippen LogP contribution in [0, 0.1) is 0 Å². The van der Waals surface area contributed by atoms with Crippen LogP contribution in [-0.2, 0) is 22.4 Å². The summed E-state index contributed by atoms with van der Waals surface area (Å²) < 4.78 is 37.3. The molecule has 132 valence electrons. The number of alkyl halides is 3. The van der Waals surface area contributed by atoms with Crippen molar-refractivity contribution in [3.8, 4) is 0 Å². The topological polar surface area (TPSA) is 40.6 Å². The maximum atomic E-state index is 12.4. The monoisotopic (exact) mass is 342 g/mol. The van der Waals surface area contributed by atoms with E-state index in [1.807, 2.05) is 31.2 Å². The van der Waals surface area contributed by atoms with Gasteiger partial charge in [0.25, 0.3) is 0 Å². The number of amides is 2. The Balaban J connectivity index is 1.96. The van der Waals surface area contributed by atoms with Crippen molar-refractivity contribution >= 4 is 11.8 Å². The Morgan fingerprint density at radius 2 is 1.83 bits per heavy atom. The summed E-state index contributed by atoms with van der Waals surface area (Å²) >= 11 is 0. The van der Waals surface area contributed by atoms with E-state index < -0.39 is 24.7 Å². The van der Waals surface area contributed by atoms with Crippen LogP contribution in [0.15, 0.2) is 24.3 Å². The molecule has 0 N–H and O–H groups in total. The molecule has 7 heteroatoms. The molecule has 0 unspecified atom stereocenters. The van der Waals surface area contributed by atoms with E-state index in [-0.39, 0.29) is 25.3 Å². The first-order valence-corrected chi connectivity index (χ1v) is 7.90. The van der Waals surface area contributed by atoms with E-state index in [1.165, 1.54) is 11.9 Å². The first-order chi connectivity index (χ1) is 11.2. The fourth-order valence-electron chi connectivity index (χ4n) is 2.82. The molecule has 1 atom stereocenters. The highest BCUT2D eigenvalue weighted by atomic mass is 19.4. The maximum Gasteiger partial charge on any atom is 0.406 e. The molecule has 2 rings (SSSR count). The lowest BCUT2D eigenvalue weighted by molar-refractivity contribution is -0.159. The van der Waals surface area contributed by atoms with Crippen LogP contribution in [0.2, 0.25) is 0 Å². The molecule has 1 aliphatic rings. The molecule has 0 aromatic heterocycles. The van der Waals surface area contributed by atoms with Gasteiger partial charge in [-0.25, -0.2) is 0 Å². The van der Waals surface area contributed by atoms with Crippen molar-refractivity contribution in [1.82, 2.24) is 9.80 Å². The predicted molar refractivity (Wildman–Crippen MR) is 83.3 cm³/mol. The lowest BCUT2D eigenvalue weighted by Gasteiger charge is -2.24. The van der Waals surface area contributed by atoms with Crippen molar-refractivity contribution in [2.75, 3.05) is 20.1 Å². The van der Waals surface area contributed by atoms with Gasteiger partial charge in [-0.05, 0) is 24.0 Å². The number of hydrogen-bond donors (Lipinski definition) is 0. The Bertz CT molecular complexity index is 599. The molecule has 1 aromatic rings. The maximum absolute atomic E-state index is 12.4. The Morgan fingerprint density at radius 1 is 1.25 bits per heavy atom. The first kappa shape index (κ1) is 18.3. The molecule has 0 aliphatic carbocycles. The number of aryl methyl sites for hydroxylation is 1. The van der Waals surface area contributed by atoms with Crippen LogP contribution in [0.25, 0.3) is 0 Å². The summed E-state index contributed by atoms with van der Waals surface area (Å²) in [6.45, 7) is 0.793. The number of rotatable bonds is 5. The second-order valence-electron chi connectivity index (χ2n) is 6.03. The van der Waals surface area contributed by atoms with Crippen LogP contribution in [0.1, 0.15) is 24.5 Å². The van der Waals surface area contributed by atoms with Crippen LogP contribution < -0.4 is 0 Å². The number of halogens is 3. The molecule has 2 amide bonds. The zero-order valence-electron chi connectivity index (χ0n) is 13.8. The van der Waals surface area contributed by atoms with Gasteiger partial charge in [-0.1, -0.05) is 31.2 Å². The summed E-state index contributed by atoms with van der Waals surface area (Å²) in [5.74, 6) is -0.907. The molecular weight excluding hydrogens is 321 g/mol. The van der Waals surface area contributed by atoms with Crippen LogP contribution in [-0.4, -0.2) is 54.0 Å².